The van der Waals surface area contributed by atoms with Crippen molar-refractivity contribution in [1.82, 2.24) is 9.97 Å². The molecule has 3 aromatic carbocycles. The van der Waals surface area contributed by atoms with Crippen LogP contribution in [0.15, 0.2) is 64.8 Å². The monoisotopic (exact) mass is 356 g/mol. The molecule has 5 heteroatoms. The molecule has 0 aliphatic heterocycles. The van der Waals surface area contributed by atoms with Gasteiger partial charge in [-0.05, 0) is 62.2 Å². The van der Waals surface area contributed by atoms with Gasteiger partial charge in [0.2, 0.25) is 0 Å². The molecule has 4 rings (SSSR count). The highest BCUT2D eigenvalue weighted by molar-refractivity contribution is 5.81. The average molecular weight is 356 g/mol. The Morgan fingerprint density at radius 2 is 1.63 bits per heavy atom. The molecule has 0 atom stereocenters. The molecule has 0 spiro atoms. The first kappa shape index (κ1) is 17.0. The Labute approximate surface area is 157 Å². The topological polar surface area (TPSA) is 73.6 Å². The van der Waals surface area contributed by atoms with E-state index in [4.69, 9.17) is 0 Å². The predicted octanol–water partition coefficient (Wildman–Crippen LogP) is 6.28. The van der Waals surface area contributed by atoms with Crippen molar-refractivity contribution in [3.8, 4) is 17.1 Å². The third-order valence-corrected chi connectivity index (χ3v) is 4.53. The van der Waals surface area contributed by atoms with Crippen molar-refractivity contribution in [2.45, 2.75) is 20.8 Å². The highest BCUT2D eigenvalue weighted by Crippen LogP contribution is 2.33. The van der Waals surface area contributed by atoms with Crippen molar-refractivity contribution in [2.75, 3.05) is 0 Å². The number of phenols is 1. The van der Waals surface area contributed by atoms with Crippen molar-refractivity contribution in [3.63, 3.8) is 0 Å². The number of azo groups is 1. The Morgan fingerprint density at radius 3 is 2.37 bits per heavy atom. The van der Waals surface area contributed by atoms with E-state index in [2.05, 4.69) is 39.3 Å². The normalized spacial score (nSPS) is 11.5. The Hall–Kier alpha value is -3.47. The van der Waals surface area contributed by atoms with Gasteiger partial charge in [-0.25, -0.2) is 4.98 Å². The zero-order valence-electron chi connectivity index (χ0n) is 15.5. The van der Waals surface area contributed by atoms with Crippen LogP contribution in [-0.2, 0) is 0 Å². The van der Waals surface area contributed by atoms with Gasteiger partial charge in [-0.1, -0.05) is 29.8 Å². The molecule has 134 valence electrons. The zero-order valence-corrected chi connectivity index (χ0v) is 15.5. The lowest BCUT2D eigenvalue weighted by molar-refractivity contribution is 0.477. The van der Waals surface area contributed by atoms with Gasteiger partial charge in [0.15, 0.2) is 0 Å². The molecular formula is C22H20N4O. The van der Waals surface area contributed by atoms with Gasteiger partial charge in [-0.3, -0.25) is 0 Å². The maximum absolute atomic E-state index is 10.3. The molecule has 1 heterocycles. The summed E-state index contributed by atoms with van der Waals surface area (Å²) in [5.74, 6) is 0.754. The number of hydrogen-bond acceptors (Lipinski definition) is 4. The van der Waals surface area contributed by atoms with Gasteiger partial charge in [0, 0.05) is 0 Å². The van der Waals surface area contributed by atoms with E-state index in [0.29, 0.717) is 17.1 Å². The Kier molecular flexibility index (Phi) is 4.20. The van der Waals surface area contributed by atoms with Crippen LogP contribution in [0.1, 0.15) is 16.7 Å². The fraction of sp³-hybridized carbons (Fsp3) is 0.136. The number of aromatic hydroxyl groups is 1. The summed E-state index contributed by atoms with van der Waals surface area (Å²) in [6, 6.07) is 17.1. The SMILES string of the molecule is Cc1cc(C)c(N=Nc2ccc(O)c(-c3nc4ccccc4[nH]3)c2)c(C)c1. The zero-order chi connectivity index (χ0) is 19.0. The van der Waals surface area contributed by atoms with E-state index in [1.165, 1.54) is 5.56 Å². The number of nitrogens with zero attached hydrogens (tertiary/aromatic N) is 3. The second-order valence-corrected chi connectivity index (χ2v) is 6.75. The van der Waals surface area contributed by atoms with Gasteiger partial charge in [0.05, 0.1) is 28.0 Å². The van der Waals surface area contributed by atoms with E-state index >= 15 is 0 Å². The van der Waals surface area contributed by atoms with Crippen LogP contribution in [0.25, 0.3) is 22.4 Å². The van der Waals surface area contributed by atoms with Crippen molar-refractivity contribution >= 4 is 22.4 Å². The third-order valence-electron chi connectivity index (χ3n) is 4.53. The number of nitrogens with one attached hydrogen (secondary N) is 1. The van der Waals surface area contributed by atoms with Gasteiger partial charge in [0.1, 0.15) is 11.6 Å². The molecule has 0 fully saturated rings. The number of aromatic amines is 1. The van der Waals surface area contributed by atoms with Crippen LogP contribution >= 0.6 is 0 Å². The van der Waals surface area contributed by atoms with E-state index in [-0.39, 0.29) is 5.75 Å². The van der Waals surface area contributed by atoms with Gasteiger partial charge in [0.25, 0.3) is 0 Å². The summed E-state index contributed by atoms with van der Waals surface area (Å²) in [7, 11) is 0. The van der Waals surface area contributed by atoms with Gasteiger partial charge in [-0.15, -0.1) is 0 Å². The maximum atomic E-state index is 10.3. The number of H-pyrrole nitrogens is 1. The summed E-state index contributed by atoms with van der Waals surface area (Å²) in [5.41, 5.74) is 7.29. The number of hydrogen-bond donors (Lipinski definition) is 2. The van der Waals surface area contributed by atoms with Crippen LogP contribution < -0.4 is 0 Å². The number of fused-ring (bicyclic) bond motifs is 1. The third kappa shape index (κ3) is 3.31. The maximum Gasteiger partial charge on any atom is 0.142 e. The number of para-hydroxylation sites is 2. The Morgan fingerprint density at radius 1 is 0.889 bits per heavy atom. The van der Waals surface area contributed by atoms with Gasteiger partial charge in [-0.2, -0.15) is 10.2 Å². The van der Waals surface area contributed by atoms with Crippen LogP contribution in [-0.4, -0.2) is 15.1 Å². The van der Waals surface area contributed by atoms with Crippen molar-refractivity contribution in [1.29, 1.82) is 0 Å². The molecule has 0 radical (unpaired) electrons. The number of aromatic nitrogens is 2. The van der Waals surface area contributed by atoms with E-state index in [9.17, 15) is 5.11 Å². The molecule has 0 unspecified atom stereocenters. The fourth-order valence-electron chi connectivity index (χ4n) is 3.29. The number of aryl methyl sites for hydroxylation is 3. The molecule has 0 amide bonds. The number of imidazole rings is 1. The van der Waals surface area contributed by atoms with Crippen LogP contribution in [0, 0.1) is 20.8 Å². The summed E-state index contributed by atoms with van der Waals surface area (Å²) < 4.78 is 0. The van der Waals surface area contributed by atoms with E-state index in [0.717, 1.165) is 27.8 Å². The molecule has 0 aliphatic rings. The summed E-state index contributed by atoms with van der Waals surface area (Å²) in [5, 5.41) is 19.1. The predicted molar refractivity (Wildman–Crippen MR) is 108 cm³/mol. The smallest absolute Gasteiger partial charge is 0.142 e. The minimum atomic E-state index is 0.149. The lowest BCUT2D eigenvalue weighted by Crippen LogP contribution is -1.83. The highest BCUT2D eigenvalue weighted by atomic mass is 16.3. The molecule has 0 saturated carbocycles. The second-order valence-electron chi connectivity index (χ2n) is 6.75. The first-order valence-electron chi connectivity index (χ1n) is 8.79. The lowest BCUT2D eigenvalue weighted by atomic mass is 10.1. The second kappa shape index (κ2) is 6.68. The molecule has 0 aliphatic carbocycles. The van der Waals surface area contributed by atoms with Crippen LogP contribution in [0.4, 0.5) is 11.4 Å². The number of rotatable bonds is 3. The first-order valence-corrected chi connectivity index (χ1v) is 8.79. The molecular weight excluding hydrogens is 336 g/mol. The summed E-state index contributed by atoms with van der Waals surface area (Å²) in [6.45, 7) is 6.14. The molecule has 0 bridgehead atoms. The standard InChI is InChI=1S/C22H20N4O/c1-13-10-14(2)21(15(3)11-13)26-25-16-8-9-20(27)17(12-16)22-23-18-6-4-5-7-19(18)24-22/h4-12,27H,1-3H3,(H,23,24). The first-order chi connectivity index (χ1) is 13.0. The van der Waals surface area contributed by atoms with Crippen molar-refractivity contribution in [2.24, 2.45) is 10.2 Å². The number of phenolic OH excluding ortho intramolecular Hbond substituents is 1. The molecule has 4 aromatic rings. The van der Waals surface area contributed by atoms with E-state index in [1.54, 1.807) is 18.2 Å². The summed E-state index contributed by atoms with van der Waals surface area (Å²) in [4.78, 5) is 7.79. The van der Waals surface area contributed by atoms with Crippen LogP contribution in [0.5, 0.6) is 5.75 Å². The Balaban J connectivity index is 1.72. The van der Waals surface area contributed by atoms with Crippen molar-refractivity contribution < 1.29 is 5.11 Å². The minimum Gasteiger partial charge on any atom is -0.507 e. The van der Waals surface area contributed by atoms with E-state index in [1.807, 2.05) is 38.1 Å². The average Bonchev–Trinajstić information content (AvgIpc) is 3.06. The van der Waals surface area contributed by atoms with Crippen LogP contribution in [0.3, 0.4) is 0 Å². The van der Waals surface area contributed by atoms with Crippen molar-refractivity contribution in [3.05, 3.63) is 71.3 Å². The van der Waals surface area contributed by atoms with E-state index < -0.39 is 0 Å². The lowest BCUT2D eigenvalue weighted by Gasteiger charge is -2.06. The number of benzene rings is 3. The van der Waals surface area contributed by atoms with Gasteiger partial charge >= 0.3 is 0 Å². The largest absolute Gasteiger partial charge is 0.507 e. The molecule has 0 saturated heterocycles. The minimum absolute atomic E-state index is 0.149. The summed E-state index contributed by atoms with van der Waals surface area (Å²) in [6.07, 6.45) is 0. The fourth-order valence-corrected chi connectivity index (χ4v) is 3.29. The molecule has 5 nitrogen and oxygen atoms in total. The Bertz CT molecular complexity index is 1120. The highest BCUT2D eigenvalue weighted by Gasteiger charge is 2.11. The molecule has 27 heavy (non-hydrogen) atoms. The molecule has 1 aromatic heterocycles. The molecule has 2 N–H and O–H groups in total. The quantitative estimate of drug-likeness (QED) is 0.424. The van der Waals surface area contributed by atoms with Crippen LogP contribution in [0.2, 0.25) is 0 Å². The van der Waals surface area contributed by atoms with Gasteiger partial charge < -0.3 is 10.1 Å². The summed E-state index contributed by atoms with van der Waals surface area (Å²) >= 11 is 0.